The van der Waals surface area contributed by atoms with Gasteiger partial charge in [-0.3, -0.25) is 19.4 Å². The van der Waals surface area contributed by atoms with E-state index in [1.807, 2.05) is 0 Å². The van der Waals surface area contributed by atoms with Crippen LogP contribution in [-0.2, 0) is 25.2 Å². The number of nitrogens with one attached hydrogen (secondary N) is 1. The number of sulfone groups is 1. The Morgan fingerprint density at radius 2 is 1.92 bits per heavy atom. The van der Waals surface area contributed by atoms with Crippen LogP contribution in [0.5, 0.6) is 5.75 Å². The van der Waals surface area contributed by atoms with E-state index in [0.717, 1.165) is 6.92 Å². The summed E-state index contributed by atoms with van der Waals surface area (Å²) >= 11 is 0. The van der Waals surface area contributed by atoms with E-state index in [9.17, 15) is 31.6 Å². The zero-order chi connectivity index (χ0) is 27.2. The predicted octanol–water partition coefficient (Wildman–Crippen LogP) is 1.10. The molecular formula is C22H20F2N5O7S. The van der Waals surface area contributed by atoms with E-state index in [1.54, 1.807) is 12.1 Å². The minimum atomic E-state index is -4.05. The highest BCUT2D eigenvalue weighted by Crippen LogP contribution is 2.23. The molecule has 2 heterocycles. The number of benzene rings is 1. The van der Waals surface area contributed by atoms with Gasteiger partial charge in [-0.1, -0.05) is 18.2 Å². The highest BCUT2D eigenvalue weighted by atomic mass is 32.2. The average molecular weight is 536 g/mol. The first-order chi connectivity index (χ1) is 17.4. The van der Waals surface area contributed by atoms with Crippen molar-refractivity contribution in [2.45, 2.75) is 24.8 Å². The van der Waals surface area contributed by atoms with Crippen molar-refractivity contribution in [1.29, 1.82) is 0 Å². The Labute approximate surface area is 209 Å². The molecule has 0 aliphatic carbocycles. The number of para-hydroxylation sites is 1. The molecule has 2 amide bonds. The lowest BCUT2D eigenvalue weighted by atomic mass is 9.95. The van der Waals surface area contributed by atoms with Crippen LogP contribution in [0, 0.1) is 6.42 Å². The Morgan fingerprint density at radius 1 is 1.19 bits per heavy atom. The fourth-order valence-corrected chi connectivity index (χ4v) is 4.23. The largest absolute Gasteiger partial charge is 0.435 e. The number of alkyl halides is 2. The minimum absolute atomic E-state index is 0.0467. The summed E-state index contributed by atoms with van der Waals surface area (Å²) in [6.07, 6.45) is 3.55. The van der Waals surface area contributed by atoms with E-state index in [0.29, 0.717) is 12.0 Å². The lowest BCUT2D eigenvalue weighted by Gasteiger charge is -2.24. The van der Waals surface area contributed by atoms with Crippen LogP contribution in [-0.4, -0.2) is 59.1 Å². The lowest BCUT2D eigenvalue weighted by Crippen LogP contribution is -2.60. The first-order valence-corrected chi connectivity index (χ1v) is 12.2. The fraction of sp³-hybridized carbons (Fsp3) is 0.227. The third-order valence-corrected chi connectivity index (χ3v) is 6.36. The van der Waals surface area contributed by atoms with Gasteiger partial charge in [0.05, 0.1) is 23.5 Å². The molecule has 2 aromatic heterocycles. The summed E-state index contributed by atoms with van der Waals surface area (Å²) in [5.74, 6) is -6.15. The maximum atomic E-state index is 12.9. The Hall–Kier alpha value is -4.27. The van der Waals surface area contributed by atoms with Crippen LogP contribution in [0.25, 0.3) is 11.5 Å². The first-order valence-electron chi connectivity index (χ1n) is 10.4. The molecule has 0 saturated carbocycles. The zero-order valence-corrected chi connectivity index (χ0v) is 19.9. The van der Waals surface area contributed by atoms with Gasteiger partial charge in [-0.15, -0.1) is 10.2 Å². The van der Waals surface area contributed by atoms with Gasteiger partial charge in [0.2, 0.25) is 11.8 Å². The van der Waals surface area contributed by atoms with Gasteiger partial charge in [0, 0.05) is 18.0 Å². The Kier molecular flexibility index (Phi) is 8.27. The molecule has 0 saturated heterocycles. The summed E-state index contributed by atoms with van der Waals surface area (Å²) < 4.78 is 59.7. The van der Waals surface area contributed by atoms with Crippen molar-refractivity contribution in [3.05, 3.63) is 66.7 Å². The van der Waals surface area contributed by atoms with Crippen LogP contribution < -0.4 is 15.8 Å². The number of nitrogens with zero attached hydrogens (tertiary/aromatic N) is 3. The van der Waals surface area contributed by atoms with E-state index in [-0.39, 0.29) is 17.2 Å². The number of primary amides is 1. The second-order valence-corrected chi connectivity index (χ2v) is 9.82. The van der Waals surface area contributed by atoms with E-state index in [1.165, 1.54) is 36.7 Å². The van der Waals surface area contributed by atoms with Gasteiger partial charge in [-0.05, 0) is 25.1 Å². The van der Waals surface area contributed by atoms with Gasteiger partial charge in [0.15, 0.2) is 15.4 Å². The second-order valence-electron chi connectivity index (χ2n) is 7.71. The number of pyridine rings is 1. The van der Waals surface area contributed by atoms with Crippen molar-refractivity contribution in [2.75, 3.05) is 5.75 Å². The molecule has 1 aromatic carbocycles. The van der Waals surface area contributed by atoms with Gasteiger partial charge < -0.3 is 20.2 Å². The van der Waals surface area contributed by atoms with E-state index in [4.69, 9.17) is 10.2 Å². The first kappa shape index (κ1) is 27.3. The molecule has 0 bridgehead atoms. The average Bonchev–Trinajstić information content (AvgIpc) is 3.34. The van der Waals surface area contributed by atoms with Crippen molar-refractivity contribution in [3.8, 4) is 17.2 Å². The van der Waals surface area contributed by atoms with E-state index >= 15 is 0 Å². The van der Waals surface area contributed by atoms with Gasteiger partial charge in [-0.25, -0.2) is 8.42 Å². The molecule has 1 unspecified atom stereocenters. The number of hydrogen-bond donors (Lipinski definition) is 2. The number of halogens is 2. The molecule has 12 nitrogen and oxygen atoms in total. The summed E-state index contributed by atoms with van der Waals surface area (Å²) in [6, 6.07) is 8.44. The highest BCUT2D eigenvalue weighted by molar-refractivity contribution is 7.90. The normalized spacial score (nSPS) is 13.1. The molecule has 3 rings (SSSR count). The Bertz CT molecular complexity index is 1400. The van der Waals surface area contributed by atoms with E-state index in [2.05, 4.69) is 25.2 Å². The molecule has 195 valence electrons. The number of ketones is 1. The van der Waals surface area contributed by atoms with Gasteiger partial charge in [0.1, 0.15) is 5.75 Å². The van der Waals surface area contributed by atoms with Gasteiger partial charge >= 0.3 is 6.61 Å². The number of rotatable bonds is 12. The van der Waals surface area contributed by atoms with Crippen molar-refractivity contribution in [2.24, 2.45) is 5.73 Å². The van der Waals surface area contributed by atoms with Crippen LogP contribution in [0.15, 0.2) is 53.2 Å². The van der Waals surface area contributed by atoms with Crippen LogP contribution in [0.1, 0.15) is 23.2 Å². The number of ether oxygens (including phenoxy) is 1. The molecule has 0 aliphatic rings. The molecule has 1 atom stereocenters. The lowest BCUT2D eigenvalue weighted by molar-refractivity contribution is -0.127. The van der Waals surface area contributed by atoms with E-state index < -0.39 is 57.0 Å². The third-order valence-electron chi connectivity index (χ3n) is 4.93. The molecular weight excluding hydrogens is 516 g/mol. The van der Waals surface area contributed by atoms with Crippen molar-refractivity contribution < 1.29 is 40.7 Å². The Morgan fingerprint density at radius 3 is 2.57 bits per heavy atom. The van der Waals surface area contributed by atoms with Crippen molar-refractivity contribution >= 4 is 27.4 Å². The minimum Gasteiger partial charge on any atom is -0.435 e. The smallest absolute Gasteiger partial charge is 0.387 e. The highest BCUT2D eigenvalue weighted by Gasteiger charge is 2.44. The standard InChI is InChI=1S/C22H20F2N5O7S/c1-22(20(25)32,17(31)19-29-28-18(36-19)13-6-4-9-26-11-13)27-16(30)8-10-37(33,34)12-14-5-2-3-7-15(14)35-21(23)24/h2-9,11,21H,10,12H2,1H3,(H2,25,32)(H,27,30). The summed E-state index contributed by atoms with van der Waals surface area (Å²) in [6.45, 7) is -2.17. The fourth-order valence-electron chi connectivity index (χ4n) is 2.99. The molecule has 15 heteroatoms. The number of hydrogen-bond acceptors (Lipinski definition) is 10. The predicted molar refractivity (Wildman–Crippen MR) is 122 cm³/mol. The SMILES string of the molecule is CC(NC(=O)[CH]CS(=O)(=O)Cc1ccccc1OC(F)F)(C(N)=O)C(=O)c1nnc(-c2cccnc2)o1. The summed E-state index contributed by atoms with van der Waals surface area (Å²) in [7, 11) is -4.05. The molecule has 0 spiro atoms. The van der Waals surface area contributed by atoms with Crippen molar-refractivity contribution in [1.82, 2.24) is 20.5 Å². The summed E-state index contributed by atoms with van der Waals surface area (Å²) in [5, 5.41) is 9.36. The molecule has 0 fully saturated rings. The number of aromatic nitrogens is 3. The maximum Gasteiger partial charge on any atom is 0.387 e. The maximum absolute atomic E-state index is 12.9. The molecule has 3 aromatic rings. The number of carbonyl (C=O) groups excluding carboxylic acids is 3. The second kappa shape index (κ2) is 11.2. The summed E-state index contributed by atoms with van der Waals surface area (Å²) in [5.41, 5.74) is 3.31. The molecule has 0 aliphatic heterocycles. The quantitative estimate of drug-likeness (QED) is 0.251. The van der Waals surface area contributed by atoms with Crippen LogP contribution in [0.2, 0.25) is 0 Å². The monoisotopic (exact) mass is 536 g/mol. The number of amides is 2. The van der Waals surface area contributed by atoms with Gasteiger partial charge in [0.25, 0.3) is 17.6 Å². The molecule has 37 heavy (non-hydrogen) atoms. The number of carbonyl (C=O) groups is 3. The Balaban J connectivity index is 1.68. The number of Topliss-reactive ketones (excluding diaryl/α,β-unsaturated/α-hetero) is 1. The third kappa shape index (κ3) is 6.91. The zero-order valence-electron chi connectivity index (χ0n) is 19.1. The topological polar surface area (TPSA) is 184 Å². The molecule has 3 N–H and O–H groups in total. The molecule has 1 radical (unpaired) electrons. The van der Waals surface area contributed by atoms with Gasteiger partial charge in [-0.2, -0.15) is 8.78 Å². The summed E-state index contributed by atoms with van der Waals surface area (Å²) in [4.78, 5) is 41.3. The van der Waals surface area contributed by atoms with Crippen LogP contribution in [0.4, 0.5) is 8.78 Å². The van der Waals surface area contributed by atoms with Crippen molar-refractivity contribution in [3.63, 3.8) is 0 Å². The van der Waals surface area contributed by atoms with Crippen LogP contribution in [0.3, 0.4) is 0 Å². The van der Waals surface area contributed by atoms with Crippen LogP contribution >= 0.6 is 0 Å². The number of nitrogens with two attached hydrogens (primary N) is 1.